The molecule has 0 N–H and O–H groups in total. The summed E-state index contributed by atoms with van der Waals surface area (Å²) in [5, 5.41) is 0.379. The number of ketones is 1. The summed E-state index contributed by atoms with van der Waals surface area (Å²) in [5.41, 5.74) is 0.0811. The van der Waals surface area contributed by atoms with Crippen LogP contribution in [0.1, 0.15) is 20.1 Å². The highest BCUT2D eigenvalue weighted by molar-refractivity contribution is 7.14. The minimum absolute atomic E-state index is 0.00509. The van der Waals surface area contributed by atoms with Crippen molar-refractivity contribution in [1.82, 2.24) is 0 Å². The first-order valence-electron chi connectivity index (χ1n) is 7.36. The molecule has 0 spiro atoms. The zero-order chi connectivity index (χ0) is 16.7. The van der Waals surface area contributed by atoms with Crippen molar-refractivity contribution in [3.63, 3.8) is 0 Å². The Bertz CT molecular complexity index is 1100. The normalized spacial score (nSPS) is 11.0. The summed E-state index contributed by atoms with van der Waals surface area (Å²) >= 11 is 1.35. The number of carbonyl (C=O) groups excluding carboxylic acids is 1. The van der Waals surface area contributed by atoms with E-state index in [0.29, 0.717) is 21.6 Å². The number of thiophene rings is 1. The second-order valence-electron chi connectivity index (χ2n) is 5.35. The predicted octanol–water partition coefficient (Wildman–Crippen LogP) is 4.65. The SMILES string of the molecule is Cc1ccc(C(=O)c2c(-c3ccco3)oc3ccccc3c2=O)s1. The van der Waals surface area contributed by atoms with Crippen molar-refractivity contribution in [1.29, 1.82) is 0 Å². The van der Waals surface area contributed by atoms with E-state index in [0.717, 1.165) is 4.88 Å². The lowest BCUT2D eigenvalue weighted by molar-refractivity contribution is 0.104. The Labute approximate surface area is 141 Å². The third kappa shape index (κ3) is 2.30. The molecule has 4 rings (SSSR count). The Morgan fingerprint density at radius 3 is 2.58 bits per heavy atom. The van der Waals surface area contributed by atoms with Gasteiger partial charge in [-0.2, -0.15) is 0 Å². The molecular weight excluding hydrogens is 324 g/mol. The molecule has 3 aromatic heterocycles. The molecule has 0 fully saturated rings. The smallest absolute Gasteiger partial charge is 0.210 e. The van der Waals surface area contributed by atoms with E-state index < -0.39 is 0 Å². The summed E-state index contributed by atoms with van der Waals surface area (Å²) in [7, 11) is 0. The molecule has 0 bridgehead atoms. The van der Waals surface area contributed by atoms with Crippen molar-refractivity contribution in [3.8, 4) is 11.5 Å². The fourth-order valence-electron chi connectivity index (χ4n) is 2.61. The van der Waals surface area contributed by atoms with Crippen LogP contribution < -0.4 is 5.43 Å². The average molecular weight is 336 g/mol. The van der Waals surface area contributed by atoms with Gasteiger partial charge >= 0.3 is 0 Å². The van der Waals surface area contributed by atoms with Crippen LogP contribution in [0.5, 0.6) is 0 Å². The van der Waals surface area contributed by atoms with Crippen LogP contribution in [0.2, 0.25) is 0 Å². The van der Waals surface area contributed by atoms with Gasteiger partial charge in [-0.15, -0.1) is 11.3 Å². The van der Waals surface area contributed by atoms with Gasteiger partial charge in [0.25, 0.3) is 0 Å². The lowest BCUT2D eigenvalue weighted by Gasteiger charge is -2.06. The van der Waals surface area contributed by atoms with Crippen LogP contribution in [0.3, 0.4) is 0 Å². The van der Waals surface area contributed by atoms with E-state index >= 15 is 0 Å². The van der Waals surface area contributed by atoms with Gasteiger partial charge < -0.3 is 8.83 Å². The van der Waals surface area contributed by atoms with Crippen LogP contribution in [-0.4, -0.2) is 5.78 Å². The van der Waals surface area contributed by atoms with Gasteiger partial charge in [-0.05, 0) is 43.3 Å². The Morgan fingerprint density at radius 2 is 1.88 bits per heavy atom. The van der Waals surface area contributed by atoms with Crippen molar-refractivity contribution in [2.24, 2.45) is 0 Å². The number of furan rings is 1. The predicted molar refractivity (Wildman–Crippen MR) is 92.7 cm³/mol. The van der Waals surface area contributed by atoms with Crippen molar-refractivity contribution in [2.75, 3.05) is 0 Å². The molecule has 0 aliphatic carbocycles. The van der Waals surface area contributed by atoms with E-state index in [2.05, 4.69) is 0 Å². The van der Waals surface area contributed by atoms with Gasteiger partial charge in [0.05, 0.1) is 16.5 Å². The molecule has 0 aliphatic heterocycles. The highest BCUT2D eigenvalue weighted by atomic mass is 32.1. The fraction of sp³-hybridized carbons (Fsp3) is 0.0526. The number of hydrogen-bond acceptors (Lipinski definition) is 5. The van der Waals surface area contributed by atoms with E-state index in [9.17, 15) is 9.59 Å². The molecular formula is C19H12O4S. The summed E-state index contributed by atoms with van der Waals surface area (Å²) in [5.74, 6) is 0.174. The lowest BCUT2D eigenvalue weighted by Crippen LogP contribution is -2.17. The number of rotatable bonds is 3. The van der Waals surface area contributed by atoms with Gasteiger partial charge in [0.15, 0.2) is 11.5 Å². The van der Waals surface area contributed by atoms with E-state index in [1.165, 1.54) is 17.6 Å². The zero-order valence-corrected chi connectivity index (χ0v) is 13.6. The minimum atomic E-state index is -0.348. The first-order chi connectivity index (χ1) is 11.6. The standard InChI is InChI=1S/C19H12O4S/c1-11-8-9-15(24-11)18(21)16-17(20)12-5-2-3-6-13(12)23-19(16)14-7-4-10-22-14/h2-10H,1H3. The van der Waals surface area contributed by atoms with Gasteiger partial charge in [0, 0.05) is 4.88 Å². The molecule has 4 aromatic rings. The Morgan fingerprint density at radius 1 is 1.04 bits per heavy atom. The highest BCUT2D eigenvalue weighted by Gasteiger charge is 2.25. The molecule has 0 saturated carbocycles. The van der Waals surface area contributed by atoms with Gasteiger partial charge in [-0.3, -0.25) is 9.59 Å². The molecule has 0 amide bonds. The highest BCUT2D eigenvalue weighted by Crippen LogP contribution is 2.29. The summed E-state index contributed by atoms with van der Waals surface area (Å²) in [6.45, 7) is 1.91. The Kier molecular flexibility index (Phi) is 3.43. The number of hydrogen-bond donors (Lipinski definition) is 0. The molecule has 0 atom stereocenters. The average Bonchev–Trinajstić information content (AvgIpc) is 3.26. The number of benzene rings is 1. The third-order valence-corrected chi connectivity index (χ3v) is 4.73. The fourth-order valence-corrected chi connectivity index (χ4v) is 3.42. The van der Waals surface area contributed by atoms with Gasteiger partial charge in [0.1, 0.15) is 11.1 Å². The molecule has 0 unspecified atom stereocenters. The largest absolute Gasteiger partial charge is 0.461 e. The van der Waals surface area contributed by atoms with Crippen molar-refractivity contribution >= 4 is 28.1 Å². The number of para-hydroxylation sites is 1. The topological polar surface area (TPSA) is 60.4 Å². The van der Waals surface area contributed by atoms with Crippen LogP contribution in [0.25, 0.3) is 22.5 Å². The molecule has 0 saturated heterocycles. The Hall–Kier alpha value is -2.92. The van der Waals surface area contributed by atoms with Crippen LogP contribution in [-0.2, 0) is 0 Å². The van der Waals surface area contributed by atoms with Gasteiger partial charge in [-0.25, -0.2) is 0 Å². The van der Waals surface area contributed by atoms with Crippen LogP contribution in [0.4, 0.5) is 0 Å². The van der Waals surface area contributed by atoms with Gasteiger partial charge in [0.2, 0.25) is 11.2 Å². The summed E-state index contributed by atoms with van der Waals surface area (Å²) in [6, 6.07) is 13.8. The summed E-state index contributed by atoms with van der Waals surface area (Å²) < 4.78 is 11.2. The van der Waals surface area contributed by atoms with Crippen molar-refractivity contribution in [3.05, 3.63) is 80.3 Å². The zero-order valence-electron chi connectivity index (χ0n) is 12.7. The maximum Gasteiger partial charge on any atom is 0.210 e. The molecule has 3 heterocycles. The van der Waals surface area contributed by atoms with E-state index in [1.54, 1.807) is 42.5 Å². The monoisotopic (exact) mass is 336 g/mol. The van der Waals surface area contributed by atoms with Crippen LogP contribution in [0.15, 0.2) is 68.4 Å². The third-order valence-electron chi connectivity index (χ3n) is 3.73. The van der Waals surface area contributed by atoms with Crippen molar-refractivity contribution < 1.29 is 13.6 Å². The molecule has 5 heteroatoms. The maximum atomic E-state index is 12.9. The van der Waals surface area contributed by atoms with E-state index in [1.807, 2.05) is 13.0 Å². The van der Waals surface area contributed by atoms with Crippen LogP contribution >= 0.6 is 11.3 Å². The van der Waals surface area contributed by atoms with Crippen LogP contribution in [0, 0.1) is 6.92 Å². The summed E-state index contributed by atoms with van der Waals surface area (Å²) in [4.78, 5) is 27.4. The number of aryl methyl sites for hydroxylation is 1. The molecule has 0 aliphatic rings. The van der Waals surface area contributed by atoms with Gasteiger partial charge in [-0.1, -0.05) is 12.1 Å². The number of carbonyl (C=O) groups is 1. The molecule has 4 nitrogen and oxygen atoms in total. The molecule has 118 valence electrons. The minimum Gasteiger partial charge on any atom is -0.461 e. The maximum absolute atomic E-state index is 12.9. The number of fused-ring (bicyclic) bond motifs is 1. The van der Waals surface area contributed by atoms with E-state index in [-0.39, 0.29) is 22.5 Å². The Balaban J connectivity index is 2.05. The first kappa shape index (κ1) is 14.7. The molecule has 0 radical (unpaired) electrons. The molecule has 24 heavy (non-hydrogen) atoms. The van der Waals surface area contributed by atoms with Crippen molar-refractivity contribution in [2.45, 2.75) is 6.92 Å². The second kappa shape index (κ2) is 5.62. The molecule has 1 aromatic carbocycles. The second-order valence-corrected chi connectivity index (χ2v) is 6.64. The quantitative estimate of drug-likeness (QED) is 0.511. The first-order valence-corrected chi connectivity index (χ1v) is 8.17. The van der Waals surface area contributed by atoms with E-state index in [4.69, 9.17) is 8.83 Å². The lowest BCUT2D eigenvalue weighted by atomic mass is 10.0. The summed E-state index contributed by atoms with van der Waals surface area (Å²) in [6.07, 6.45) is 1.48.